The lowest BCUT2D eigenvalue weighted by Gasteiger charge is -2.26. The van der Waals surface area contributed by atoms with Crippen LogP contribution in [0, 0.1) is 25.2 Å². The van der Waals surface area contributed by atoms with Crippen molar-refractivity contribution >= 4 is 40.4 Å². The number of thiazole rings is 1. The van der Waals surface area contributed by atoms with Crippen LogP contribution in [-0.4, -0.2) is 28.8 Å². The summed E-state index contributed by atoms with van der Waals surface area (Å²) in [6.07, 6.45) is 6.10. The van der Waals surface area contributed by atoms with Gasteiger partial charge in [-0.1, -0.05) is 53.8 Å². The smallest absolute Gasteiger partial charge is 0.338 e. The van der Waals surface area contributed by atoms with Gasteiger partial charge in [0.05, 0.1) is 41.1 Å². The number of nitriles is 1. The first-order valence-electron chi connectivity index (χ1n) is 16.0. The van der Waals surface area contributed by atoms with Gasteiger partial charge in [-0.2, -0.15) is 5.26 Å². The Balaban J connectivity index is 1.45. The van der Waals surface area contributed by atoms with Gasteiger partial charge in [0, 0.05) is 21.8 Å². The fourth-order valence-electron chi connectivity index (χ4n) is 6.78. The second kappa shape index (κ2) is 12.9. The number of carbonyl (C=O) groups excluding carboxylic acids is 1. The minimum Gasteiger partial charge on any atom is -0.497 e. The summed E-state index contributed by atoms with van der Waals surface area (Å²) in [5.74, 6) is 0.0771. The molecule has 0 fully saturated rings. The molecule has 4 heterocycles. The average molecular weight is 675 g/mol. The van der Waals surface area contributed by atoms with Gasteiger partial charge in [0.1, 0.15) is 16.8 Å². The van der Waals surface area contributed by atoms with Crippen molar-refractivity contribution in [1.29, 1.82) is 5.26 Å². The molecular formula is C38H34N4O4S2. The maximum Gasteiger partial charge on any atom is 0.338 e. The summed E-state index contributed by atoms with van der Waals surface area (Å²) < 4.78 is 15.4. The van der Waals surface area contributed by atoms with Crippen LogP contribution in [0.3, 0.4) is 0 Å². The molecule has 5 aromatic rings. The van der Waals surface area contributed by atoms with Gasteiger partial charge in [-0.3, -0.25) is 9.36 Å². The highest BCUT2D eigenvalue weighted by Gasteiger charge is 2.35. The third kappa shape index (κ3) is 5.33. The Kier molecular flexibility index (Phi) is 8.50. The Labute approximate surface area is 286 Å². The topological polar surface area (TPSA) is 98.6 Å². The normalized spacial score (nSPS) is 15.8. The molecule has 0 radical (unpaired) electrons. The largest absolute Gasteiger partial charge is 0.497 e. The second-order valence-corrected chi connectivity index (χ2v) is 14.0. The van der Waals surface area contributed by atoms with Gasteiger partial charge < -0.3 is 14.0 Å². The number of aromatic nitrogens is 2. The number of methoxy groups -OCH3 is 1. The zero-order chi connectivity index (χ0) is 33.5. The van der Waals surface area contributed by atoms with Gasteiger partial charge in [0.25, 0.3) is 5.56 Å². The van der Waals surface area contributed by atoms with E-state index in [0.717, 1.165) is 58.8 Å². The Morgan fingerprint density at radius 2 is 1.88 bits per heavy atom. The van der Waals surface area contributed by atoms with Gasteiger partial charge in [-0.15, -0.1) is 11.3 Å². The number of ether oxygens (including phenoxy) is 2. The number of hydrogen-bond acceptors (Lipinski definition) is 8. The minimum atomic E-state index is -0.796. The first-order chi connectivity index (χ1) is 23.3. The van der Waals surface area contributed by atoms with E-state index in [2.05, 4.69) is 16.7 Å². The highest BCUT2D eigenvalue weighted by Crippen LogP contribution is 2.39. The van der Waals surface area contributed by atoms with E-state index in [1.807, 2.05) is 74.5 Å². The lowest BCUT2D eigenvalue weighted by molar-refractivity contribution is -0.138. The van der Waals surface area contributed by atoms with E-state index in [9.17, 15) is 14.9 Å². The second-order valence-electron chi connectivity index (χ2n) is 11.9. The molecule has 7 rings (SSSR count). The standard InChI is InChI=1S/C38H34N4O4S2/c1-5-46-37(44)32-33(24-12-7-6-8-13-24)40-38-42(34(32)25-14-11-15-27(19-25)45-4)35(43)31(48-38)20-26-18-22(2)41(23(26)3)36-29(21-39)28-16-9-10-17-30(28)47-36/h6-8,11-15,18-20,34H,5,9-10,16-17H2,1-4H3/b31-20+/t34-/m1/s1. The zero-order valence-corrected chi connectivity index (χ0v) is 28.8. The van der Waals surface area contributed by atoms with Gasteiger partial charge >= 0.3 is 5.97 Å². The average Bonchev–Trinajstić information content (AvgIpc) is 3.73. The van der Waals surface area contributed by atoms with Crippen LogP contribution >= 0.6 is 22.7 Å². The van der Waals surface area contributed by atoms with Crippen molar-refractivity contribution in [3.63, 3.8) is 0 Å². The van der Waals surface area contributed by atoms with Crippen molar-refractivity contribution in [2.24, 2.45) is 4.99 Å². The maximum atomic E-state index is 14.5. The van der Waals surface area contributed by atoms with Crippen LogP contribution in [0.15, 0.2) is 76.0 Å². The van der Waals surface area contributed by atoms with Gasteiger partial charge in [0.2, 0.25) is 0 Å². The number of benzene rings is 2. The molecule has 3 aromatic heterocycles. The molecule has 1 atom stereocenters. The van der Waals surface area contributed by atoms with Crippen LogP contribution < -0.4 is 19.6 Å². The summed E-state index contributed by atoms with van der Waals surface area (Å²) in [6.45, 7) is 6.00. The Hall–Kier alpha value is -4.98. The summed E-state index contributed by atoms with van der Waals surface area (Å²) >= 11 is 3.00. The number of hydrogen-bond donors (Lipinski definition) is 0. The maximum absolute atomic E-state index is 14.5. The molecule has 2 aliphatic rings. The van der Waals surface area contributed by atoms with Gasteiger partial charge in [0.15, 0.2) is 4.80 Å². The molecule has 0 saturated heterocycles. The van der Waals surface area contributed by atoms with E-state index in [4.69, 9.17) is 14.5 Å². The fraction of sp³-hybridized carbons (Fsp3) is 0.263. The van der Waals surface area contributed by atoms with Crippen molar-refractivity contribution in [2.45, 2.75) is 52.5 Å². The molecule has 0 N–H and O–H groups in total. The van der Waals surface area contributed by atoms with Crippen molar-refractivity contribution in [1.82, 2.24) is 9.13 Å². The third-order valence-corrected chi connectivity index (χ3v) is 11.3. The number of fused-ring (bicyclic) bond motifs is 2. The third-order valence-electron chi connectivity index (χ3n) is 9.01. The summed E-state index contributed by atoms with van der Waals surface area (Å²) in [4.78, 5) is 35.0. The summed E-state index contributed by atoms with van der Waals surface area (Å²) in [6, 6.07) is 20.7. The zero-order valence-electron chi connectivity index (χ0n) is 27.2. The van der Waals surface area contributed by atoms with Crippen LogP contribution in [0.25, 0.3) is 16.8 Å². The Morgan fingerprint density at radius 3 is 2.62 bits per heavy atom. The molecule has 0 bridgehead atoms. The lowest BCUT2D eigenvalue weighted by Crippen LogP contribution is -2.40. The fourth-order valence-corrected chi connectivity index (χ4v) is 9.22. The van der Waals surface area contributed by atoms with Crippen LogP contribution in [-0.2, 0) is 22.4 Å². The molecule has 48 heavy (non-hydrogen) atoms. The number of rotatable bonds is 7. The number of aryl methyl sites for hydroxylation is 2. The summed E-state index contributed by atoms with van der Waals surface area (Å²) in [5.41, 5.74) is 6.75. The number of esters is 1. The van der Waals surface area contributed by atoms with Gasteiger partial charge in [-0.05, 0) is 87.4 Å². The Bertz CT molecular complexity index is 2330. The number of thiophene rings is 1. The Morgan fingerprint density at radius 1 is 1.08 bits per heavy atom. The van der Waals surface area contributed by atoms with Gasteiger partial charge in [-0.25, -0.2) is 9.79 Å². The van der Waals surface area contributed by atoms with E-state index in [1.165, 1.54) is 21.8 Å². The number of carbonyl (C=O) groups is 1. The molecule has 0 spiro atoms. The highest BCUT2D eigenvalue weighted by atomic mass is 32.1. The van der Waals surface area contributed by atoms with E-state index >= 15 is 0 Å². The number of nitrogens with zero attached hydrogens (tertiary/aromatic N) is 4. The highest BCUT2D eigenvalue weighted by molar-refractivity contribution is 7.15. The molecule has 10 heteroatoms. The molecule has 1 aliphatic heterocycles. The molecule has 8 nitrogen and oxygen atoms in total. The predicted octanol–water partition coefficient (Wildman–Crippen LogP) is 6.16. The lowest BCUT2D eigenvalue weighted by atomic mass is 9.93. The minimum absolute atomic E-state index is 0.177. The first kappa shape index (κ1) is 31.6. The summed E-state index contributed by atoms with van der Waals surface area (Å²) in [5, 5.41) is 11.1. The molecular weight excluding hydrogens is 641 g/mol. The molecule has 0 unspecified atom stereocenters. The molecule has 0 amide bonds. The quantitative estimate of drug-likeness (QED) is 0.193. The van der Waals surface area contributed by atoms with E-state index in [-0.39, 0.29) is 12.2 Å². The summed E-state index contributed by atoms with van der Waals surface area (Å²) in [7, 11) is 1.59. The first-order valence-corrected chi connectivity index (χ1v) is 17.6. The SMILES string of the molecule is CCOC(=O)C1=C(c2ccccc2)N=c2s/c(=C/c3cc(C)n(-c4sc5c(c4C#N)CCCC5)c3C)c(=O)n2[C@@H]1c1cccc(OC)c1. The van der Waals surface area contributed by atoms with Crippen molar-refractivity contribution in [3.8, 4) is 16.8 Å². The molecule has 2 aromatic carbocycles. The van der Waals surface area contributed by atoms with Crippen LogP contribution in [0.2, 0.25) is 0 Å². The van der Waals surface area contributed by atoms with E-state index < -0.39 is 12.0 Å². The van der Waals surface area contributed by atoms with Crippen molar-refractivity contribution < 1.29 is 14.3 Å². The predicted molar refractivity (Wildman–Crippen MR) is 189 cm³/mol. The van der Waals surface area contributed by atoms with Crippen molar-refractivity contribution in [3.05, 3.63) is 130 Å². The molecule has 1 aliphatic carbocycles. The van der Waals surface area contributed by atoms with Crippen LogP contribution in [0.1, 0.15) is 69.9 Å². The molecule has 242 valence electrons. The molecule has 0 saturated carbocycles. The van der Waals surface area contributed by atoms with E-state index in [1.54, 1.807) is 29.9 Å². The monoisotopic (exact) mass is 674 g/mol. The van der Waals surface area contributed by atoms with Crippen molar-refractivity contribution in [2.75, 3.05) is 13.7 Å². The van der Waals surface area contributed by atoms with Crippen LogP contribution in [0.5, 0.6) is 5.75 Å². The van der Waals surface area contributed by atoms with Crippen LogP contribution in [0.4, 0.5) is 0 Å². The van der Waals surface area contributed by atoms with E-state index in [0.29, 0.717) is 31.9 Å².